The van der Waals surface area contributed by atoms with Crippen molar-refractivity contribution >= 4 is 33.5 Å². The lowest BCUT2D eigenvalue weighted by atomic mass is 10.2. The number of amides is 1. The maximum absolute atomic E-state index is 12.8. The first-order valence-corrected chi connectivity index (χ1v) is 10.9. The van der Waals surface area contributed by atoms with Crippen LogP contribution in [0.15, 0.2) is 47.4 Å². The minimum atomic E-state index is -4.01. The van der Waals surface area contributed by atoms with Crippen molar-refractivity contribution in [2.24, 2.45) is 0 Å². The van der Waals surface area contributed by atoms with Gasteiger partial charge in [-0.25, -0.2) is 17.9 Å². The number of carbonyl (C=O) groups excluding carboxylic acids is 2. The fourth-order valence-electron chi connectivity index (χ4n) is 2.45. The summed E-state index contributed by atoms with van der Waals surface area (Å²) < 4.78 is 38.1. The first-order valence-electron chi connectivity index (χ1n) is 9.01. The van der Waals surface area contributed by atoms with E-state index in [0.717, 1.165) is 6.07 Å². The molecule has 0 unspecified atom stereocenters. The number of hydrogen-bond acceptors (Lipinski definition) is 6. The third kappa shape index (κ3) is 6.72. The van der Waals surface area contributed by atoms with Gasteiger partial charge in [0.2, 0.25) is 10.0 Å². The molecule has 30 heavy (non-hydrogen) atoms. The van der Waals surface area contributed by atoms with Gasteiger partial charge in [-0.05, 0) is 49.7 Å². The second-order valence-electron chi connectivity index (χ2n) is 6.62. The molecular weight excluding hydrogens is 432 g/mol. The lowest BCUT2D eigenvalue weighted by Crippen LogP contribution is -2.34. The van der Waals surface area contributed by atoms with E-state index in [0.29, 0.717) is 10.6 Å². The Hall–Kier alpha value is -2.62. The predicted octanol–water partition coefficient (Wildman–Crippen LogP) is 2.51. The van der Waals surface area contributed by atoms with Crippen LogP contribution < -0.4 is 14.8 Å². The molecule has 0 aromatic heterocycles. The molecule has 0 saturated carbocycles. The standard InChI is InChI=1S/C20H23ClN2O6S/c1-13(2)23-19(24)12-29-20(25)15-6-9-17(28-3)18(10-15)30(26,27)22-11-14-4-7-16(21)8-5-14/h4-10,13,22H,11-12H2,1-3H3,(H,23,24). The van der Waals surface area contributed by atoms with Crippen molar-refractivity contribution in [3.8, 4) is 5.75 Å². The summed E-state index contributed by atoms with van der Waals surface area (Å²) in [5.41, 5.74) is 0.675. The van der Waals surface area contributed by atoms with Crippen LogP contribution in [0, 0.1) is 0 Å². The zero-order chi connectivity index (χ0) is 22.3. The van der Waals surface area contributed by atoms with Gasteiger partial charge in [0.1, 0.15) is 10.6 Å². The Morgan fingerprint density at radius 1 is 1.10 bits per heavy atom. The summed E-state index contributed by atoms with van der Waals surface area (Å²) in [5, 5.41) is 3.13. The number of benzene rings is 2. The second kappa shape index (κ2) is 10.4. The zero-order valence-electron chi connectivity index (χ0n) is 16.8. The largest absolute Gasteiger partial charge is 0.495 e. The van der Waals surface area contributed by atoms with Gasteiger partial charge in [0.15, 0.2) is 6.61 Å². The lowest BCUT2D eigenvalue weighted by molar-refractivity contribution is -0.124. The lowest BCUT2D eigenvalue weighted by Gasteiger charge is -2.13. The molecule has 2 N–H and O–H groups in total. The SMILES string of the molecule is COc1ccc(C(=O)OCC(=O)NC(C)C)cc1S(=O)(=O)NCc1ccc(Cl)cc1. The van der Waals surface area contributed by atoms with Gasteiger partial charge < -0.3 is 14.8 Å². The topological polar surface area (TPSA) is 111 Å². The smallest absolute Gasteiger partial charge is 0.338 e. The first kappa shape index (κ1) is 23.7. The summed E-state index contributed by atoms with van der Waals surface area (Å²) in [6, 6.07) is 10.4. The molecular formula is C20H23ClN2O6S. The van der Waals surface area contributed by atoms with Gasteiger partial charge in [-0.3, -0.25) is 4.79 Å². The number of sulfonamides is 1. The highest BCUT2D eigenvalue weighted by Crippen LogP contribution is 2.25. The molecule has 2 aromatic carbocycles. The van der Waals surface area contributed by atoms with Gasteiger partial charge in [-0.2, -0.15) is 0 Å². The molecule has 0 fully saturated rings. The third-order valence-electron chi connectivity index (χ3n) is 3.85. The number of esters is 1. The zero-order valence-corrected chi connectivity index (χ0v) is 18.3. The van der Waals surface area contributed by atoms with E-state index < -0.39 is 28.5 Å². The molecule has 0 aliphatic rings. The van der Waals surface area contributed by atoms with E-state index in [1.807, 2.05) is 0 Å². The molecule has 2 aromatic rings. The van der Waals surface area contributed by atoms with Crippen LogP contribution in [0.4, 0.5) is 0 Å². The monoisotopic (exact) mass is 454 g/mol. The van der Waals surface area contributed by atoms with E-state index >= 15 is 0 Å². The number of halogens is 1. The van der Waals surface area contributed by atoms with E-state index in [1.165, 1.54) is 19.2 Å². The summed E-state index contributed by atoms with van der Waals surface area (Å²) in [7, 11) is -2.69. The normalized spacial score (nSPS) is 11.2. The van der Waals surface area contributed by atoms with Crippen molar-refractivity contribution < 1.29 is 27.5 Å². The van der Waals surface area contributed by atoms with Gasteiger partial charge in [-0.1, -0.05) is 23.7 Å². The molecule has 0 saturated heterocycles. The van der Waals surface area contributed by atoms with E-state index in [4.69, 9.17) is 21.1 Å². The summed E-state index contributed by atoms with van der Waals surface area (Å²) in [5.74, 6) is -1.22. The third-order valence-corrected chi connectivity index (χ3v) is 5.53. The van der Waals surface area contributed by atoms with Gasteiger partial charge in [0.25, 0.3) is 5.91 Å². The quantitative estimate of drug-likeness (QED) is 0.563. The number of methoxy groups -OCH3 is 1. The maximum atomic E-state index is 12.8. The molecule has 2 rings (SSSR count). The van der Waals surface area contributed by atoms with Gasteiger partial charge in [-0.15, -0.1) is 0 Å². The molecule has 0 aliphatic carbocycles. The highest BCUT2D eigenvalue weighted by Gasteiger charge is 2.22. The van der Waals surface area contributed by atoms with Crippen molar-refractivity contribution in [2.45, 2.75) is 31.3 Å². The van der Waals surface area contributed by atoms with Crippen LogP contribution in [0.3, 0.4) is 0 Å². The number of carbonyl (C=O) groups is 2. The summed E-state index contributed by atoms with van der Waals surface area (Å²) in [6.07, 6.45) is 0. The van der Waals surface area contributed by atoms with Crippen molar-refractivity contribution in [2.75, 3.05) is 13.7 Å². The van der Waals surface area contributed by atoms with Crippen LogP contribution in [0.1, 0.15) is 29.8 Å². The summed E-state index contributed by atoms with van der Waals surface area (Å²) in [6.45, 7) is 3.10. The highest BCUT2D eigenvalue weighted by molar-refractivity contribution is 7.89. The highest BCUT2D eigenvalue weighted by atomic mass is 35.5. The van der Waals surface area contributed by atoms with Crippen LogP contribution in [-0.4, -0.2) is 40.1 Å². The van der Waals surface area contributed by atoms with Crippen LogP contribution in [-0.2, 0) is 26.1 Å². The van der Waals surface area contributed by atoms with Gasteiger partial charge in [0.05, 0.1) is 12.7 Å². The Morgan fingerprint density at radius 3 is 2.37 bits per heavy atom. The number of nitrogens with one attached hydrogen (secondary N) is 2. The fraction of sp³-hybridized carbons (Fsp3) is 0.300. The second-order valence-corrected chi connectivity index (χ2v) is 8.79. The molecule has 0 atom stereocenters. The molecule has 0 aliphatic heterocycles. The van der Waals surface area contributed by atoms with E-state index in [9.17, 15) is 18.0 Å². The fourth-order valence-corrected chi connectivity index (χ4v) is 3.79. The minimum Gasteiger partial charge on any atom is -0.495 e. The Balaban J connectivity index is 2.16. The number of hydrogen-bond donors (Lipinski definition) is 2. The van der Waals surface area contributed by atoms with Crippen LogP contribution >= 0.6 is 11.6 Å². The average Bonchev–Trinajstić information content (AvgIpc) is 2.70. The summed E-state index contributed by atoms with van der Waals surface area (Å²) in [4.78, 5) is 23.7. The molecule has 1 amide bonds. The molecule has 162 valence electrons. The average molecular weight is 455 g/mol. The van der Waals surface area contributed by atoms with Crippen molar-refractivity contribution in [3.05, 3.63) is 58.6 Å². The van der Waals surface area contributed by atoms with Crippen molar-refractivity contribution in [3.63, 3.8) is 0 Å². The molecule has 0 radical (unpaired) electrons. The van der Waals surface area contributed by atoms with Crippen LogP contribution in [0.25, 0.3) is 0 Å². The Kier molecular flexibility index (Phi) is 8.22. The Bertz CT molecular complexity index is 1010. The number of ether oxygens (including phenoxy) is 2. The van der Waals surface area contributed by atoms with E-state index in [-0.39, 0.29) is 28.8 Å². The first-order chi connectivity index (χ1) is 14.1. The molecule has 8 nitrogen and oxygen atoms in total. The Labute approximate surface area is 180 Å². The molecule has 0 spiro atoms. The van der Waals surface area contributed by atoms with Crippen molar-refractivity contribution in [1.82, 2.24) is 10.0 Å². The van der Waals surface area contributed by atoms with Crippen LogP contribution in [0.2, 0.25) is 5.02 Å². The van der Waals surface area contributed by atoms with Gasteiger partial charge in [0, 0.05) is 17.6 Å². The maximum Gasteiger partial charge on any atom is 0.338 e. The molecule has 0 bridgehead atoms. The van der Waals surface area contributed by atoms with E-state index in [1.54, 1.807) is 38.1 Å². The van der Waals surface area contributed by atoms with Crippen LogP contribution in [0.5, 0.6) is 5.75 Å². The number of rotatable bonds is 9. The minimum absolute atomic E-state index is 0.0205. The van der Waals surface area contributed by atoms with Gasteiger partial charge >= 0.3 is 5.97 Å². The summed E-state index contributed by atoms with van der Waals surface area (Å²) >= 11 is 5.83. The molecule has 0 heterocycles. The Morgan fingerprint density at radius 2 is 1.77 bits per heavy atom. The predicted molar refractivity (Wildman–Crippen MR) is 112 cm³/mol. The molecule has 10 heteroatoms. The van der Waals surface area contributed by atoms with Crippen molar-refractivity contribution in [1.29, 1.82) is 0 Å². The van der Waals surface area contributed by atoms with E-state index in [2.05, 4.69) is 10.0 Å².